The number of hydrogen-bond acceptors (Lipinski definition) is 16. The maximum Gasteiger partial charge on any atom is 0.355 e. The summed E-state index contributed by atoms with van der Waals surface area (Å²) in [6.45, 7) is 8.12. The number of carbonyl (C=O) groups is 4. The molecule has 0 saturated carbocycles. The predicted molar refractivity (Wildman–Crippen MR) is 299 cm³/mol. The van der Waals surface area contributed by atoms with E-state index in [1.807, 2.05) is 144 Å². The number of aryl methyl sites for hydroxylation is 1. The second-order valence-corrected chi connectivity index (χ2v) is 22.9. The standard InChI is InChI=1S/C57H59N9O8S3/c1-55(2,3)73-52(70)56(4,5)74-62-45(42-35-76-53(58-42)61-57(38-19-13-10-14-20-38,39-21-15-11-16-22-39)40-23-17-12-18-24-40)48(67)60-46-49(68)66-47(51(69)72-32-36-25-27-41(71-9)28-26-36)37(33-75-50(46)66)34-77-54-59-43(63(6)7)31-44-64(8)29-30-65(44)54/h10-31,35,46,50H,32-34H2,1-9H3,(H-,58,60,61,67)/p+1/b62-45-. The number of esters is 2. The van der Waals surface area contributed by atoms with E-state index in [9.17, 15) is 19.2 Å². The van der Waals surface area contributed by atoms with Crippen molar-refractivity contribution in [2.75, 3.05) is 42.9 Å². The quantitative estimate of drug-likeness (QED) is 0.0116. The van der Waals surface area contributed by atoms with Crippen LogP contribution in [0.3, 0.4) is 0 Å². The van der Waals surface area contributed by atoms with Crippen LogP contribution in [0.4, 0.5) is 10.9 Å². The lowest BCUT2D eigenvalue weighted by atomic mass is 9.77. The molecule has 20 heteroatoms. The molecule has 2 atom stereocenters. The van der Waals surface area contributed by atoms with Crippen molar-refractivity contribution in [2.45, 2.75) is 74.5 Å². The Morgan fingerprint density at radius 1 is 0.883 bits per heavy atom. The average molecular weight is 1100 g/mol. The minimum Gasteiger partial charge on any atom is -0.497 e. The molecule has 2 unspecified atom stereocenters. The third-order valence-electron chi connectivity index (χ3n) is 12.7. The first-order chi connectivity index (χ1) is 36.9. The van der Waals surface area contributed by atoms with E-state index in [4.69, 9.17) is 29.0 Å². The molecule has 4 aromatic carbocycles. The zero-order valence-electron chi connectivity index (χ0n) is 44.2. The van der Waals surface area contributed by atoms with Gasteiger partial charge in [-0.3, -0.25) is 14.5 Å². The molecule has 7 aromatic rings. The summed E-state index contributed by atoms with van der Waals surface area (Å²) in [7, 11) is 7.37. The highest BCUT2D eigenvalue weighted by Crippen LogP contribution is 2.43. The number of aromatic nitrogens is 4. The van der Waals surface area contributed by atoms with Gasteiger partial charge < -0.3 is 34.6 Å². The van der Waals surface area contributed by atoms with Crippen LogP contribution in [-0.4, -0.2) is 104 Å². The minimum atomic E-state index is -1.66. The highest BCUT2D eigenvalue weighted by Gasteiger charge is 2.55. The maximum atomic E-state index is 14.9. The van der Waals surface area contributed by atoms with Crippen LogP contribution in [0.25, 0.3) is 5.65 Å². The molecule has 0 aliphatic carbocycles. The monoisotopic (exact) mass is 1090 g/mol. The fraction of sp³-hybridized carbons (Fsp3) is 0.298. The molecule has 2 N–H and O–H groups in total. The van der Waals surface area contributed by atoms with Crippen molar-refractivity contribution >= 4 is 80.9 Å². The van der Waals surface area contributed by atoms with Gasteiger partial charge in [0.1, 0.15) is 64.5 Å². The molecule has 3 aromatic heterocycles. The Morgan fingerprint density at radius 3 is 2.09 bits per heavy atom. The van der Waals surface area contributed by atoms with Gasteiger partial charge in [0.15, 0.2) is 10.8 Å². The van der Waals surface area contributed by atoms with Gasteiger partial charge in [-0.1, -0.05) is 120 Å². The van der Waals surface area contributed by atoms with E-state index in [0.29, 0.717) is 33.1 Å². The number of amides is 2. The van der Waals surface area contributed by atoms with Crippen molar-refractivity contribution in [1.82, 2.24) is 24.6 Å². The lowest BCUT2D eigenvalue weighted by Crippen LogP contribution is -2.71. The molecule has 9 rings (SSSR count). The zero-order chi connectivity index (χ0) is 54.6. The molecule has 398 valence electrons. The number of thioether (sulfide) groups is 2. The van der Waals surface area contributed by atoms with Crippen LogP contribution in [0.1, 0.15) is 62.6 Å². The minimum absolute atomic E-state index is 0.0627. The van der Waals surface area contributed by atoms with Crippen LogP contribution in [0.5, 0.6) is 5.75 Å². The van der Waals surface area contributed by atoms with Gasteiger partial charge in [0.2, 0.25) is 5.60 Å². The van der Waals surface area contributed by atoms with Crippen molar-refractivity contribution in [1.29, 1.82) is 0 Å². The van der Waals surface area contributed by atoms with Crippen molar-refractivity contribution in [2.24, 2.45) is 12.2 Å². The van der Waals surface area contributed by atoms with Crippen molar-refractivity contribution in [3.8, 4) is 5.75 Å². The van der Waals surface area contributed by atoms with Gasteiger partial charge in [0.25, 0.3) is 22.6 Å². The van der Waals surface area contributed by atoms with Gasteiger partial charge in [-0.05, 0) is 74.6 Å². The van der Waals surface area contributed by atoms with E-state index < -0.39 is 51.9 Å². The molecular weight excluding hydrogens is 1030 g/mol. The van der Waals surface area contributed by atoms with E-state index in [0.717, 1.165) is 33.7 Å². The van der Waals surface area contributed by atoms with Gasteiger partial charge in [0, 0.05) is 31.0 Å². The summed E-state index contributed by atoms with van der Waals surface area (Å²) in [5, 5.41) is 13.0. The Labute approximate surface area is 459 Å². The molecule has 2 aliphatic rings. The molecule has 5 heterocycles. The normalized spacial score (nSPS) is 15.8. The number of hydrogen-bond donors (Lipinski definition) is 2. The van der Waals surface area contributed by atoms with Crippen LogP contribution in [0, 0.1) is 0 Å². The maximum absolute atomic E-state index is 14.9. The number of nitrogens with one attached hydrogen (secondary N) is 2. The fourth-order valence-corrected chi connectivity index (χ4v) is 11.9. The number of ether oxygens (including phenoxy) is 3. The lowest BCUT2D eigenvalue weighted by molar-refractivity contribution is -0.644. The Bertz CT molecular complexity index is 3260. The summed E-state index contributed by atoms with van der Waals surface area (Å²) >= 11 is 4.08. The number of β-lactam (4-membered cyclic amide) rings is 1. The van der Waals surface area contributed by atoms with Gasteiger partial charge in [-0.25, -0.2) is 19.1 Å². The van der Waals surface area contributed by atoms with Gasteiger partial charge in [0.05, 0.1) is 20.2 Å². The van der Waals surface area contributed by atoms with Crippen LogP contribution in [0.15, 0.2) is 161 Å². The van der Waals surface area contributed by atoms with E-state index in [1.54, 1.807) is 57.5 Å². The molecule has 2 aliphatic heterocycles. The Morgan fingerprint density at radius 2 is 1.51 bits per heavy atom. The molecular formula is C57H60N9O8S3+. The number of rotatable bonds is 19. The number of carbonyl (C=O) groups excluding carboxylic acids is 4. The second-order valence-electron chi connectivity index (χ2n) is 20.0. The number of oxime groups is 1. The first-order valence-electron chi connectivity index (χ1n) is 24.7. The van der Waals surface area contributed by atoms with Crippen molar-refractivity contribution in [3.63, 3.8) is 0 Å². The van der Waals surface area contributed by atoms with Crippen LogP contribution in [0.2, 0.25) is 0 Å². The van der Waals surface area contributed by atoms with Crippen LogP contribution >= 0.6 is 34.9 Å². The summed E-state index contributed by atoms with van der Waals surface area (Å²) in [6, 6.07) is 38.0. The van der Waals surface area contributed by atoms with E-state index in [2.05, 4.69) is 15.8 Å². The topological polar surface area (TPSA) is 182 Å². The molecule has 17 nitrogen and oxygen atoms in total. The van der Waals surface area contributed by atoms with Gasteiger partial charge >= 0.3 is 11.9 Å². The molecule has 1 fully saturated rings. The number of anilines is 2. The van der Waals surface area contributed by atoms with Gasteiger partial charge in [-0.15, -0.1) is 23.1 Å². The third-order valence-corrected chi connectivity index (χ3v) is 15.9. The van der Waals surface area contributed by atoms with E-state index >= 15 is 0 Å². The molecule has 0 bridgehead atoms. The molecule has 2 amide bonds. The SMILES string of the molecule is COc1ccc(COC(=O)C2=C(CSc3nc(N(C)C)cc4n3cc[n+]4C)CSC3C(NC(=O)/C(=N\OC(C)(C)C(=O)OC(C)(C)C)c4csc(NC(c5ccccc5)(c5ccccc5)c5ccccc5)n4)C(=O)N23)cc1. The summed E-state index contributed by atoms with van der Waals surface area (Å²) in [5.41, 5.74) is 1.56. The van der Waals surface area contributed by atoms with Crippen molar-refractivity contribution < 1.29 is 42.8 Å². The Kier molecular flexibility index (Phi) is 15.8. The first kappa shape index (κ1) is 54.1. The molecule has 0 spiro atoms. The summed E-state index contributed by atoms with van der Waals surface area (Å²) in [4.78, 5) is 76.5. The van der Waals surface area contributed by atoms with Crippen LogP contribution in [-0.2, 0) is 52.7 Å². The highest BCUT2D eigenvalue weighted by atomic mass is 32.2. The Balaban J connectivity index is 1.03. The number of nitrogens with zero attached hydrogens (tertiary/aromatic N) is 7. The predicted octanol–water partition coefficient (Wildman–Crippen LogP) is 8.12. The molecule has 0 radical (unpaired) electrons. The van der Waals surface area contributed by atoms with Crippen molar-refractivity contribution in [3.05, 3.63) is 178 Å². The molecule has 77 heavy (non-hydrogen) atoms. The zero-order valence-corrected chi connectivity index (χ0v) is 46.6. The van der Waals surface area contributed by atoms with E-state index in [-0.39, 0.29) is 23.7 Å². The number of benzene rings is 4. The number of thiazole rings is 1. The number of imidazole rings is 1. The largest absolute Gasteiger partial charge is 0.497 e. The van der Waals surface area contributed by atoms with Crippen LogP contribution < -0.4 is 24.8 Å². The van der Waals surface area contributed by atoms with E-state index in [1.165, 1.54) is 53.6 Å². The third kappa shape index (κ3) is 11.5. The second kappa shape index (κ2) is 22.5. The fourth-order valence-electron chi connectivity index (χ4n) is 8.72. The number of methoxy groups -OCH3 is 1. The summed E-state index contributed by atoms with van der Waals surface area (Å²) in [6.07, 6.45) is 3.87. The molecule has 1 saturated heterocycles. The number of fused-ring (bicyclic) bond motifs is 2. The summed E-state index contributed by atoms with van der Waals surface area (Å²) in [5.74, 6) is -0.692. The smallest absolute Gasteiger partial charge is 0.355 e. The first-order valence-corrected chi connectivity index (χ1v) is 27.6. The lowest BCUT2D eigenvalue weighted by Gasteiger charge is -2.49. The Hall–Kier alpha value is -7.68. The average Bonchev–Trinajstić information content (AvgIpc) is 4.09. The summed E-state index contributed by atoms with van der Waals surface area (Å²) < 4.78 is 20.9. The highest BCUT2D eigenvalue weighted by molar-refractivity contribution is 8.01. The van der Waals surface area contributed by atoms with Gasteiger partial charge in [-0.2, -0.15) is 9.38 Å².